The molecular weight excluding hydrogens is 360 g/mol. The van der Waals surface area contributed by atoms with Gasteiger partial charge in [-0.1, -0.05) is 28.5 Å². The Balaban J connectivity index is 0.00000225. The molecule has 2 aromatic rings. The minimum Gasteiger partial charge on any atom is -0.368 e. The highest BCUT2D eigenvalue weighted by Crippen LogP contribution is 2.30. The number of carbonyl (C=O) groups is 1. The summed E-state index contributed by atoms with van der Waals surface area (Å²) in [7, 11) is 1.59. The maximum Gasteiger partial charge on any atom is 0.258 e. The van der Waals surface area contributed by atoms with Crippen LogP contribution in [-0.2, 0) is 9.53 Å². The first-order valence-electron chi connectivity index (χ1n) is 8.02. The van der Waals surface area contributed by atoms with Crippen LogP contribution in [0.4, 0.5) is 5.13 Å². The smallest absolute Gasteiger partial charge is 0.258 e. The number of nitrogens with one attached hydrogen (secondary N) is 2. The number of carbonyl (C=O) groups excluding carboxylic acids is 1. The molecule has 1 aromatic heterocycles. The molecule has 0 unspecified atom stereocenters. The van der Waals surface area contributed by atoms with Crippen LogP contribution >= 0.6 is 23.7 Å². The Morgan fingerprint density at radius 1 is 1.20 bits per heavy atom. The topological polar surface area (TPSA) is 76.1 Å². The van der Waals surface area contributed by atoms with Gasteiger partial charge >= 0.3 is 0 Å². The van der Waals surface area contributed by atoms with Crippen molar-refractivity contribution in [3.8, 4) is 10.6 Å². The third-order valence-corrected chi connectivity index (χ3v) is 5.22. The first kappa shape index (κ1) is 19.8. The van der Waals surface area contributed by atoms with Crippen LogP contribution in [0.2, 0.25) is 0 Å². The van der Waals surface area contributed by atoms with Crippen molar-refractivity contribution in [1.29, 1.82) is 0 Å². The van der Waals surface area contributed by atoms with Crippen molar-refractivity contribution in [2.45, 2.75) is 32.3 Å². The lowest BCUT2D eigenvalue weighted by atomic mass is 9.91. The molecule has 2 heterocycles. The zero-order valence-corrected chi connectivity index (χ0v) is 16.2. The number of halogens is 1. The summed E-state index contributed by atoms with van der Waals surface area (Å²) in [5.41, 5.74) is 2.60. The molecule has 0 saturated carbocycles. The molecule has 136 valence electrons. The summed E-state index contributed by atoms with van der Waals surface area (Å²) in [4.78, 5) is 12.6. The lowest BCUT2D eigenvalue weighted by molar-refractivity contribution is -0.140. The average Bonchev–Trinajstić information content (AvgIpc) is 3.03. The number of rotatable bonds is 4. The summed E-state index contributed by atoms with van der Waals surface area (Å²) in [5.74, 6) is -0.144. The van der Waals surface area contributed by atoms with Gasteiger partial charge in [-0.2, -0.15) is 0 Å². The van der Waals surface area contributed by atoms with Crippen LogP contribution in [0.5, 0.6) is 0 Å². The second-order valence-electron chi connectivity index (χ2n) is 6.19. The van der Waals surface area contributed by atoms with Gasteiger partial charge in [0.05, 0.1) is 0 Å². The van der Waals surface area contributed by atoms with Crippen LogP contribution in [0.3, 0.4) is 0 Å². The highest BCUT2D eigenvalue weighted by Gasteiger charge is 2.40. The van der Waals surface area contributed by atoms with E-state index in [1.165, 1.54) is 22.5 Å². The van der Waals surface area contributed by atoms with Gasteiger partial charge < -0.3 is 10.1 Å². The fourth-order valence-electron chi connectivity index (χ4n) is 3.05. The predicted molar refractivity (Wildman–Crippen MR) is 103 cm³/mol. The molecule has 1 fully saturated rings. The van der Waals surface area contributed by atoms with Crippen LogP contribution in [0.25, 0.3) is 10.6 Å². The third-order valence-electron chi connectivity index (χ3n) is 4.33. The van der Waals surface area contributed by atoms with Gasteiger partial charge in [0.2, 0.25) is 5.13 Å². The number of hydrogen-bond acceptors (Lipinski definition) is 6. The normalized spacial score (nSPS) is 16.1. The second-order valence-corrected chi connectivity index (χ2v) is 7.17. The molecular formula is C17H23ClN4O2S. The molecule has 0 radical (unpaired) electrons. The van der Waals surface area contributed by atoms with Gasteiger partial charge in [0, 0.05) is 12.7 Å². The Kier molecular flexibility index (Phi) is 6.51. The molecule has 1 aliphatic rings. The highest BCUT2D eigenvalue weighted by molar-refractivity contribution is 7.18. The molecule has 3 rings (SSSR count). The van der Waals surface area contributed by atoms with E-state index in [4.69, 9.17) is 4.74 Å². The number of ether oxygens (including phenoxy) is 1. The van der Waals surface area contributed by atoms with E-state index < -0.39 is 5.60 Å². The Bertz CT molecular complexity index is 724. The largest absolute Gasteiger partial charge is 0.368 e. The number of amides is 1. The van der Waals surface area contributed by atoms with E-state index in [0.717, 1.165) is 23.7 Å². The lowest BCUT2D eigenvalue weighted by Crippen LogP contribution is -2.51. The zero-order chi connectivity index (χ0) is 17.2. The first-order valence-corrected chi connectivity index (χ1v) is 8.83. The molecule has 2 N–H and O–H groups in total. The van der Waals surface area contributed by atoms with Crippen molar-refractivity contribution in [3.63, 3.8) is 0 Å². The van der Waals surface area contributed by atoms with Crippen LogP contribution in [0.1, 0.15) is 24.0 Å². The zero-order valence-electron chi connectivity index (χ0n) is 14.6. The number of aryl methyl sites for hydroxylation is 2. The van der Waals surface area contributed by atoms with Crippen molar-refractivity contribution in [3.05, 3.63) is 29.3 Å². The second kappa shape index (κ2) is 8.23. The van der Waals surface area contributed by atoms with E-state index in [1.54, 1.807) is 7.11 Å². The van der Waals surface area contributed by atoms with Crippen LogP contribution in [-0.4, -0.2) is 41.9 Å². The summed E-state index contributed by atoms with van der Waals surface area (Å²) in [6.45, 7) is 5.65. The Morgan fingerprint density at radius 2 is 1.84 bits per heavy atom. The highest BCUT2D eigenvalue weighted by atomic mass is 35.5. The van der Waals surface area contributed by atoms with Gasteiger partial charge in [0.1, 0.15) is 10.6 Å². The quantitative estimate of drug-likeness (QED) is 0.850. The summed E-state index contributed by atoms with van der Waals surface area (Å²) >= 11 is 1.38. The van der Waals surface area contributed by atoms with E-state index in [2.05, 4.69) is 52.9 Å². The van der Waals surface area contributed by atoms with Crippen molar-refractivity contribution in [2.75, 3.05) is 25.5 Å². The van der Waals surface area contributed by atoms with Gasteiger partial charge in [-0.05, 0) is 51.9 Å². The molecule has 6 nitrogen and oxygen atoms in total. The summed E-state index contributed by atoms with van der Waals surface area (Å²) in [6.07, 6.45) is 1.30. The maximum atomic E-state index is 12.6. The molecule has 0 aliphatic carbocycles. The molecule has 1 amide bonds. The predicted octanol–water partition coefficient (Wildman–Crippen LogP) is 2.95. The minimum atomic E-state index is -0.781. The monoisotopic (exact) mass is 382 g/mol. The van der Waals surface area contributed by atoms with Gasteiger partial charge in [0.15, 0.2) is 0 Å². The van der Waals surface area contributed by atoms with Crippen molar-refractivity contribution in [2.24, 2.45) is 0 Å². The molecule has 1 saturated heterocycles. The molecule has 0 atom stereocenters. The molecule has 8 heteroatoms. The van der Waals surface area contributed by atoms with Gasteiger partial charge in [-0.3, -0.25) is 10.1 Å². The molecule has 0 bridgehead atoms. The molecule has 0 spiro atoms. The summed E-state index contributed by atoms with van der Waals surface area (Å²) in [5, 5.41) is 15.8. The van der Waals surface area contributed by atoms with Gasteiger partial charge in [-0.15, -0.1) is 22.6 Å². The number of nitrogens with zero attached hydrogens (tertiary/aromatic N) is 2. The molecule has 1 aliphatic heterocycles. The fraction of sp³-hybridized carbons (Fsp3) is 0.471. The Labute approximate surface area is 157 Å². The number of piperidine rings is 1. The van der Waals surface area contributed by atoms with Gasteiger partial charge in [-0.25, -0.2) is 0 Å². The van der Waals surface area contributed by atoms with Crippen LogP contribution in [0.15, 0.2) is 18.2 Å². The SMILES string of the molecule is COC1(C(=O)Nc2nnc(-c3cc(C)cc(C)c3)s2)CCNCC1.Cl. The van der Waals surface area contributed by atoms with Crippen LogP contribution < -0.4 is 10.6 Å². The number of methoxy groups -OCH3 is 1. The number of aromatic nitrogens is 2. The Hall–Kier alpha value is -1.54. The third kappa shape index (κ3) is 4.36. The Morgan fingerprint density at radius 3 is 2.44 bits per heavy atom. The number of hydrogen-bond donors (Lipinski definition) is 2. The summed E-state index contributed by atoms with van der Waals surface area (Å²) < 4.78 is 5.54. The number of benzene rings is 1. The van der Waals surface area contributed by atoms with E-state index in [0.29, 0.717) is 18.0 Å². The van der Waals surface area contributed by atoms with Gasteiger partial charge in [0.25, 0.3) is 5.91 Å². The first-order chi connectivity index (χ1) is 11.5. The van der Waals surface area contributed by atoms with Crippen LogP contribution in [0, 0.1) is 13.8 Å². The average molecular weight is 383 g/mol. The van der Waals surface area contributed by atoms with Crippen molar-refractivity contribution >= 4 is 34.8 Å². The van der Waals surface area contributed by atoms with E-state index in [1.807, 2.05) is 0 Å². The molecule has 1 aromatic carbocycles. The van der Waals surface area contributed by atoms with E-state index in [-0.39, 0.29) is 18.3 Å². The minimum absolute atomic E-state index is 0. The fourth-order valence-corrected chi connectivity index (χ4v) is 3.78. The van der Waals surface area contributed by atoms with E-state index >= 15 is 0 Å². The number of anilines is 1. The summed E-state index contributed by atoms with van der Waals surface area (Å²) in [6, 6.07) is 6.26. The van der Waals surface area contributed by atoms with Crippen molar-refractivity contribution < 1.29 is 9.53 Å². The van der Waals surface area contributed by atoms with E-state index in [9.17, 15) is 4.79 Å². The maximum absolute atomic E-state index is 12.6. The molecule has 25 heavy (non-hydrogen) atoms. The standard InChI is InChI=1S/C17H22N4O2S.ClH/c1-11-8-12(2)10-13(9-11)14-20-21-16(24-14)19-15(22)17(23-3)4-6-18-7-5-17;/h8-10,18H,4-7H2,1-3H3,(H,19,21,22);1H. The lowest BCUT2D eigenvalue weighted by Gasteiger charge is -2.34. The van der Waals surface area contributed by atoms with Crippen molar-refractivity contribution in [1.82, 2.24) is 15.5 Å².